The Labute approximate surface area is 126 Å². The lowest BCUT2D eigenvalue weighted by atomic mass is 9.96. The van der Waals surface area contributed by atoms with Gasteiger partial charge in [0.25, 0.3) is 0 Å². The Morgan fingerprint density at radius 1 is 1.29 bits per heavy atom. The molecule has 0 bridgehead atoms. The fourth-order valence-electron chi connectivity index (χ4n) is 1.79. The summed E-state index contributed by atoms with van der Waals surface area (Å²) in [7, 11) is 0. The van der Waals surface area contributed by atoms with Gasteiger partial charge in [-0.1, -0.05) is 20.8 Å². The highest BCUT2D eigenvalue weighted by Gasteiger charge is 2.20. The molecule has 5 nitrogen and oxygen atoms in total. The van der Waals surface area contributed by atoms with Crippen molar-refractivity contribution >= 4 is 11.8 Å². The zero-order chi connectivity index (χ0) is 16.0. The summed E-state index contributed by atoms with van der Waals surface area (Å²) in [6.45, 7) is 9.86. The van der Waals surface area contributed by atoms with Gasteiger partial charge in [-0.25, -0.2) is 0 Å². The first-order chi connectivity index (χ1) is 9.70. The van der Waals surface area contributed by atoms with Crippen LogP contribution in [0.2, 0.25) is 0 Å². The van der Waals surface area contributed by atoms with Crippen LogP contribution in [0, 0.1) is 12.3 Å². The average molecular weight is 294 g/mol. The van der Waals surface area contributed by atoms with E-state index in [1.165, 1.54) is 0 Å². The number of carbonyl (C=O) groups excluding carboxylic acids is 2. The Kier molecular flexibility index (Phi) is 6.00. The molecule has 0 aliphatic carbocycles. The van der Waals surface area contributed by atoms with E-state index < -0.39 is 5.41 Å². The van der Waals surface area contributed by atoms with Gasteiger partial charge in [0.15, 0.2) is 0 Å². The van der Waals surface area contributed by atoms with Crippen LogP contribution in [0.5, 0.6) is 0 Å². The maximum absolute atomic E-state index is 11.8. The summed E-state index contributed by atoms with van der Waals surface area (Å²) in [5.41, 5.74) is -0.395. The molecule has 1 rings (SSSR count). The number of carbonyl (C=O) groups is 2. The Morgan fingerprint density at radius 2 is 1.95 bits per heavy atom. The van der Waals surface area contributed by atoms with Crippen molar-refractivity contribution in [2.75, 3.05) is 6.54 Å². The zero-order valence-electron chi connectivity index (χ0n) is 13.6. The van der Waals surface area contributed by atoms with Gasteiger partial charge >= 0.3 is 0 Å². The zero-order valence-corrected chi connectivity index (χ0v) is 13.6. The molecule has 21 heavy (non-hydrogen) atoms. The monoisotopic (exact) mass is 294 g/mol. The minimum absolute atomic E-state index is 0.00216. The first kappa shape index (κ1) is 17.3. The van der Waals surface area contributed by atoms with Gasteiger partial charge in [-0.3, -0.25) is 9.59 Å². The second-order valence-corrected chi connectivity index (χ2v) is 6.35. The third-order valence-corrected chi connectivity index (χ3v) is 3.11. The fourth-order valence-corrected chi connectivity index (χ4v) is 1.79. The topological polar surface area (TPSA) is 71.3 Å². The van der Waals surface area contributed by atoms with E-state index in [0.29, 0.717) is 19.4 Å². The number of hydrogen-bond donors (Lipinski definition) is 2. The van der Waals surface area contributed by atoms with Crippen molar-refractivity contribution in [2.24, 2.45) is 5.41 Å². The minimum atomic E-state index is -0.395. The summed E-state index contributed by atoms with van der Waals surface area (Å²) < 4.78 is 5.47. The van der Waals surface area contributed by atoms with Crippen molar-refractivity contribution in [1.82, 2.24) is 10.6 Å². The molecule has 0 spiro atoms. The van der Waals surface area contributed by atoms with E-state index in [9.17, 15) is 9.59 Å². The maximum atomic E-state index is 11.8. The van der Waals surface area contributed by atoms with Crippen LogP contribution in [0.15, 0.2) is 16.5 Å². The molecular weight excluding hydrogens is 268 g/mol. The SMILES string of the molecule is Cc1ccc(C(C)NC(=O)CCCNC(=O)C(C)(C)C)o1. The molecular formula is C16H26N2O3. The third-order valence-electron chi connectivity index (χ3n) is 3.11. The smallest absolute Gasteiger partial charge is 0.225 e. The van der Waals surface area contributed by atoms with Gasteiger partial charge in [0, 0.05) is 18.4 Å². The number of nitrogens with one attached hydrogen (secondary N) is 2. The van der Waals surface area contributed by atoms with Crippen molar-refractivity contribution in [3.63, 3.8) is 0 Å². The maximum Gasteiger partial charge on any atom is 0.225 e. The van der Waals surface area contributed by atoms with Gasteiger partial charge in [0.2, 0.25) is 11.8 Å². The summed E-state index contributed by atoms with van der Waals surface area (Å²) >= 11 is 0. The predicted octanol–water partition coefficient (Wildman–Crippen LogP) is 2.71. The summed E-state index contributed by atoms with van der Waals surface area (Å²) in [5, 5.41) is 5.71. The number of amides is 2. The normalized spacial score (nSPS) is 12.8. The van der Waals surface area contributed by atoms with Gasteiger partial charge in [0.05, 0.1) is 6.04 Å². The van der Waals surface area contributed by atoms with Crippen LogP contribution in [0.25, 0.3) is 0 Å². The van der Waals surface area contributed by atoms with E-state index in [2.05, 4.69) is 10.6 Å². The second-order valence-electron chi connectivity index (χ2n) is 6.35. The van der Waals surface area contributed by atoms with Crippen molar-refractivity contribution in [3.8, 4) is 0 Å². The largest absolute Gasteiger partial charge is 0.464 e. The van der Waals surface area contributed by atoms with E-state index in [-0.39, 0.29) is 17.9 Å². The molecule has 2 N–H and O–H groups in total. The third kappa shape index (κ3) is 6.02. The van der Waals surface area contributed by atoms with Crippen LogP contribution >= 0.6 is 0 Å². The van der Waals surface area contributed by atoms with Gasteiger partial charge in [-0.15, -0.1) is 0 Å². The van der Waals surface area contributed by atoms with Gasteiger partial charge in [-0.05, 0) is 32.4 Å². The Hall–Kier alpha value is -1.78. The van der Waals surface area contributed by atoms with Crippen molar-refractivity contribution in [3.05, 3.63) is 23.7 Å². The lowest BCUT2D eigenvalue weighted by molar-refractivity contribution is -0.128. The summed E-state index contributed by atoms with van der Waals surface area (Å²) in [4.78, 5) is 23.5. The molecule has 0 aliphatic heterocycles. The van der Waals surface area contributed by atoms with Crippen LogP contribution in [0.3, 0.4) is 0 Å². The molecule has 118 valence electrons. The summed E-state index contributed by atoms with van der Waals surface area (Å²) in [6.07, 6.45) is 1.01. The Bertz CT molecular complexity index is 486. The molecule has 1 aromatic heterocycles. The number of rotatable bonds is 6. The Morgan fingerprint density at radius 3 is 2.48 bits per heavy atom. The summed E-state index contributed by atoms with van der Waals surface area (Å²) in [5.74, 6) is 1.54. The number of aryl methyl sites for hydroxylation is 1. The van der Waals surface area contributed by atoms with Crippen LogP contribution < -0.4 is 10.6 Å². The van der Waals surface area contributed by atoms with Gasteiger partial charge < -0.3 is 15.1 Å². The highest BCUT2D eigenvalue weighted by atomic mass is 16.3. The van der Waals surface area contributed by atoms with E-state index >= 15 is 0 Å². The molecule has 1 atom stereocenters. The lowest BCUT2D eigenvalue weighted by Gasteiger charge is -2.17. The second kappa shape index (κ2) is 7.29. The molecule has 0 aromatic carbocycles. The minimum Gasteiger partial charge on any atom is -0.464 e. The molecule has 0 fully saturated rings. The quantitative estimate of drug-likeness (QED) is 0.792. The Balaban J connectivity index is 2.24. The van der Waals surface area contributed by atoms with E-state index in [4.69, 9.17) is 4.42 Å². The molecule has 0 radical (unpaired) electrons. The summed E-state index contributed by atoms with van der Waals surface area (Å²) in [6, 6.07) is 3.60. The molecule has 1 heterocycles. The molecule has 1 unspecified atom stereocenters. The van der Waals surface area contributed by atoms with Gasteiger partial charge in [0.1, 0.15) is 11.5 Å². The molecule has 2 amide bonds. The van der Waals surface area contributed by atoms with Crippen molar-refractivity contribution in [2.45, 2.75) is 53.5 Å². The van der Waals surface area contributed by atoms with Crippen LogP contribution in [0.1, 0.15) is 58.1 Å². The highest BCUT2D eigenvalue weighted by Crippen LogP contribution is 2.15. The first-order valence-corrected chi connectivity index (χ1v) is 7.34. The first-order valence-electron chi connectivity index (χ1n) is 7.34. The van der Waals surface area contributed by atoms with Crippen LogP contribution in [-0.2, 0) is 9.59 Å². The highest BCUT2D eigenvalue weighted by molar-refractivity contribution is 5.81. The number of furan rings is 1. The van der Waals surface area contributed by atoms with Crippen LogP contribution in [-0.4, -0.2) is 18.4 Å². The van der Waals surface area contributed by atoms with E-state index in [1.807, 2.05) is 46.8 Å². The van der Waals surface area contributed by atoms with Crippen molar-refractivity contribution in [1.29, 1.82) is 0 Å². The molecule has 1 aromatic rings. The van der Waals surface area contributed by atoms with E-state index in [0.717, 1.165) is 11.5 Å². The number of hydrogen-bond acceptors (Lipinski definition) is 3. The molecule has 0 saturated heterocycles. The molecule has 0 aliphatic rings. The predicted molar refractivity (Wildman–Crippen MR) is 81.7 cm³/mol. The van der Waals surface area contributed by atoms with E-state index in [1.54, 1.807) is 0 Å². The standard InChI is InChI=1S/C16H26N2O3/c1-11-8-9-13(21-11)12(2)18-14(19)7-6-10-17-15(20)16(3,4)5/h8-9,12H,6-7,10H2,1-5H3,(H,17,20)(H,18,19). The van der Waals surface area contributed by atoms with Crippen molar-refractivity contribution < 1.29 is 14.0 Å². The molecule has 0 saturated carbocycles. The fraction of sp³-hybridized carbons (Fsp3) is 0.625. The average Bonchev–Trinajstić information content (AvgIpc) is 2.80. The molecule has 5 heteroatoms. The van der Waals surface area contributed by atoms with Crippen LogP contribution in [0.4, 0.5) is 0 Å². The lowest BCUT2D eigenvalue weighted by Crippen LogP contribution is -2.36. The van der Waals surface area contributed by atoms with Gasteiger partial charge in [-0.2, -0.15) is 0 Å².